The molecule has 0 radical (unpaired) electrons. The molecular formula is C11H11NO3. The fourth-order valence-corrected chi connectivity index (χ4v) is 0.953. The Morgan fingerprint density at radius 2 is 2.40 bits per heavy atom. The van der Waals surface area contributed by atoms with Gasteiger partial charge in [0.05, 0.1) is 6.61 Å². The number of ether oxygens (including phenoxy) is 1. The maximum atomic E-state index is 10.9. The van der Waals surface area contributed by atoms with E-state index in [0.29, 0.717) is 12.2 Å². The highest BCUT2D eigenvalue weighted by molar-refractivity contribution is 5.72. The topological polar surface area (TPSA) is 59.2 Å². The molecule has 0 aliphatic rings. The lowest BCUT2D eigenvalue weighted by Crippen LogP contribution is -2.03. The van der Waals surface area contributed by atoms with Crippen molar-refractivity contribution in [3.8, 4) is 11.8 Å². The Balaban J connectivity index is 2.59. The molecule has 0 spiro atoms. The molecule has 15 heavy (non-hydrogen) atoms. The van der Waals surface area contributed by atoms with Crippen molar-refractivity contribution in [2.24, 2.45) is 0 Å². The molecule has 0 fully saturated rings. The number of aromatic amines is 1. The van der Waals surface area contributed by atoms with Crippen molar-refractivity contribution in [1.29, 1.82) is 0 Å². The molecule has 1 aromatic rings. The first kappa shape index (κ1) is 11.1. The van der Waals surface area contributed by atoms with E-state index in [1.54, 1.807) is 13.0 Å². The van der Waals surface area contributed by atoms with Gasteiger partial charge in [-0.3, -0.25) is 9.59 Å². The zero-order valence-electron chi connectivity index (χ0n) is 8.37. The van der Waals surface area contributed by atoms with E-state index in [4.69, 9.17) is 4.74 Å². The molecule has 0 bridgehead atoms. The summed E-state index contributed by atoms with van der Waals surface area (Å²) < 4.78 is 4.69. The molecule has 1 N–H and O–H groups in total. The van der Waals surface area contributed by atoms with Crippen molar-refractivity contribution in [2.45, 2.75) is 13.3 Å². The van der Waals surface area contributed by atoms with Crippen LogP contribution in [-0.4, -0.2) is 17.6 Å². The van der Waals surface area contributed by atoms with Crippen LogP contribution < -0.4 is 5.56 Å². The highest BCUT2D eigenvalue weighted by Gasteiger charge is 1.95. The third-order valence-electron chi connectivity index (χ3n) is 1.55. The monoisotopic (exact) mass is 205 g/mol. The van der Waals surface area contributed by atoms with Crippen molar-refractivity contribution in [3.63, 3.8) is 0 Å². The molecule has 0 aliphatic heterocycles. The van der Waals surface area contributed by atoms with Crippen molar-refractivity contribution < 1.29 is 9.53 Å². The maximum absolute atomic E-state index is 10.9. The summed E-state index contributed by atoms with van der Waals surface area (Å²) in [5.41, 5.74) is 0.376. The first-order valence-corrected chi connectivity index (χ1v) is 4.55. The Hall–Kier alpha value is -2.02. The van der Waals surface area contributed by atoms with Crippen molar-refractivity contribution in [3.05, 3.63) is 34.2 Å². The molecule has 4 nitrogen and oxygen atoms in total. The maximum Gasteiger partial charge on any atom is 0.317 e. The van der Waals surface area contributed by atoms with Gasteiger partial charge in [-0.1, -0.05) is 11.8 Å². The average Bonchev–Trinajstić information content (AvgIpc) is 2.18. The lowest BCUT2D eigenvalue weighted by molar-refractivity contribution is -0.141. The Morgan fingerprint density at radius 3 is 3.07 bits per heavy atom. The number of H-pyrrole nitrogens is 1. The van der Waals surface area contributed by atoms with Crippen LogP contribution in [0.3, 0.4) is 0 Å². The predicted octanol–water partition coefficient (Wildman–Crippen LogP) is 0.680. The van der Waals surface area contributed by atoms with Crippen LogP contribution in [0.4, 0.5) is 0 Å². The SMILES string of the molecule is CCOC(=O)CC#Cc1cc[nH]c(=O)c1. The van der Waals surface area contributed by atoms with Gasteiger partial charge in [0, 0.05) is 17.8 Å². The third kappa shape index (κ3) is 4.14. The number of esters is 1. The van der Waals surface area contributed by atoms with E-state index in [-0.39, 0.29) is 17.9 Å². The molecule has 0 aliphatic carbocycles. The second-order valence-electron chi connectivity index (χ2n) is 2.73. The summed E-state index contributed by atoms with van der Waals surface area (Å²) in [5, 5.41) is 0. The molecular weight excluding hydrogens is 194 g/mol. The van der Waals surface area contributed by atoms with Gasteiger partial charge in [-0.25, -0.2) is 0 Å². The summed E-state index contributed by atoms with van der Waals surface area (Å²) >= 11 is 0. The number of carbonyl (C=O) groups excluding carboxylic acids is 1. The van der Waals surface area contributed by atoms with Gasteiger partial charge in [-0.2, -0.15) is 0 Å². The molecule has 0 aromatic carbocycles. The van der Waals surface area contributed by atoms with Crippen LogP contribution in [0.15, 0.2) is 23.1 Å². The van der Waals surface area contributed by atoms with E-state index in [0.717, 1.165) is 0 Å². The van der Waals surface area contributed by atoms with Crippen LogP contribution >= 0.6 is 0 Å². The summed E-state index contributed by atoms with van der Waals surface area (Å²) in [5.74, 6) is 4.99. The van der Waals surface area contributed by atoms with Crippen molar-refractivity contribution >= 4 is 5.97 Å². The number of rotatable bonds is 2. The van der Waals surface area contributed by atoms with Crippen LogP contribution in [0.1, 0.15) is 18.9 Å². The Kier molecular flexibility index (Phi) is 4.17. The highest BCUT2D eigenvalue weighted by Crippen LogP contribution is 1.90. The summed E-state index contributed by atoms with van der Waals surface area (Å²) in [6, 6.07) is 3.04. The quantitative estimate of drug-likeness (QED) is 0.570. The summed E-state index contributed by atoms with van der Waals surface area (Å²) in [7, 11) is 0. The van der Waals surface area contributed by atoms with Crippen molar-refractivity contribution in [1.82, 2.24) is 4.98 Å². The van der Waals surface area contributed by atoms with Gasteiger partial charge in [0.2, 0.25) is 5.56 Å². The molecule has 1 aromatic heterocycles. The zero-order valence-corrected chi connectivity index (χ0v) is 8.37. The largest absolute Gasteiger partial charge is 0.465 e. The first-order chi connectivity index (χ1) is 7.22. The lowest BCUT2D eigenvalue weighted by atomic mass is 10.2. The van der Waals surface area contributed by atoms with Gasteiger partial charge < -0.3 is 9.72 Å². The average molecular weight is 205 g/mol. The predicted molar refractivity (Wildman–Crippen MR) is 55.2 cm³/mol. The van der Waals surface area contributed by atoms with Crippen LogP contribution in [0.5, 0.6) is 0 Å². The van der Waals surface area contributed by atoms with E-state index in [1.165, 1.54) is 12.3 Å². The first-order valence-electron chi connectivity index (χ1n) is 4.55. The standard InChI is InChI=1S/C11H11NO3/c1-2-15-11(14)5-3-4-9-6-7-12-10(13)8-9/h6-8H,2,5H2,1H3,(H,12,13). The molecule has 0 saturated carbocycles. The van der Waals surface area contributed by atoms with Crippen LogP contribution in [0.25, 0.3) is 0 Å². The Morgan fingerprint density at radius 1 is 1.60 bits per heavy atom. The number of pyridine rings is 1. The van der Waals surface area contributed by atoms with E-state index in [1.807, 2.05) is 0 Å². The third-order valence-corrected chi connectivity index (χ3v) is 1.55. The van der Waals surface area contributed by atoms with Crippen molar-refractivity contribution in [2.75, 3.05) is 6.61 Å². The molecule has 0 atom stereocenters. The minimum Gasteiger partial charge on any atom is -0.465 e. The molecule has 0 saturated heterocycles. The van der Waals surface area contributed by atoms with Crippen LogP contribution in [-0.2, 0) is 9.53 Å². The molecule has 0 unspecified atom stereocenters. The van der Waals surface area contributed by atoms with E-state index < -0.39 is 0 Å². The zero-order chi connectivity index (χ0) is 11.1. The Bertz CT molecular complexity index is 451. The summed E-state index contributed by atoms with van der Waals surface area (Å²) in [4.78, 5) is 24.3. The van der Waals surface area contributed by atoms with Gasteiger partial charge in [-0.05, 0) is 13.0 Å². The summed E-state index contributed by atoms with van der Waals surface area (Å²) in [6.45, 7) is 2.09. The van der Waals surface area contributed by atoms with E-state index in [2.05, 4.69) is 16.8 Å². The van der Waals surface area contributed by atoms with Crippen LogP contribution in [0, 0.1) is 11.8 Å². The van der Waals surface area contributed by atoms with Gasteiger partial charge in [0.25, 0.3) is 0 Å². The molecule has 1 heterocycles. The highest BCUT2D eigenvalue weighted by atomic mass is 16.5. The number of hydrogen-bond acceptors (Lipinski definition) is 3. The van der Waals surface area contributed by atoms with Gasteiger partial charge in [0.1, 0.15) is 6.42 Å². The van der Waals surface area contributed by atoms with Gasteiger partial charge in [-0.15, -0.1) is 0 Å². The second-order valence-corrected chi connectivity index (χ2v) is 2.73. The lowest BCUT2D eigenvalue weighted by Gasteiger charge is -1.94. The molecule has 1 rings (SSSR count). The van der Waals surface area contributed by atoms with Gasteiger partial charge >= 0.3 is 5.97 Å². The Labute approximate surface area is 87.3 Å². The molecule has 78 valence electrons. The van der Waals surface area contributed by atoms with E-state index in [9.17, 15) is 9.59 Å². The van der Waals surface area contributed by atoms with E-state index >= 15 is 0 Å². The second kappa shape index (κ2) is 5.66. The molecule has 0 amide bonds. The fraction of sp³-hybridized carbons (Fsp3) is 0.273. The number of carbonyl (C=O) groups is 1. The summed E-state index contributed by atoms with van der Waals surface area (Å²) in [6.07, 6.45) is 1.55. The normalized spacial score (nSPS) is 8.87. The number of hydrogen-bond donors (Lipinski definition) is 1. The van der Waals surface area contributed by atoms with Crippen LogP contribution in [0.2, 0.25) is 0 Å². The van der Waals surface area contributed by atoms with Gasteiger partial charge in [0.15, 0.2) is 0 Å². The number of aromatic nitrogens is 1. The fourth-order valence-electron chi connectivity index (χ4n) is 0.953. The molecule has 4 heteroatoms. The minimum atomic E-state index is -0.352. The smallest absolute Gasteiger partial charge is 0.317 e. The minimum absolute atomic E-state index is 0.0423. The number of nitrogens with one attached hydrogen (secondary N) is 1.